The van der Waals surface area contributed by atoms with Crippen molar-refractivity contribution in [1.82, 2.24) is 0 Å². The van der Waals surface area contributed by atoms with Gasteiger partial charge in [-0.15, -0.1) is 0 Å². The molecule has 0 radical (unpaired) electrons. The Morgan fingerprint density at radius 3 is 2.27 bits per heavy atom. The molecule has 1 rings (SSSR count). The van der Waals surface area contributed by atoms with Gasteiger partial charge in [-0.3, -0.25) is 0 Å². The first-order valence-corrected chi connectivity index (χ1v) is 5.23. The second-order valence-corrected chi connectivity index (χ2v) is 3.79. The van der Waals surface area contributed by atoms with Crippen LogP contribution >= 0.6 is 0 Å². The van der Waals surface area contributed by atoms with Crippen LogP contribution < -0.4 is 25.4 Å². The van der Waals surface area contributed by atoms with Crippen molar-refractivity contribution in [3.63, 3.8) is 0 Å². The van der Waals surface area contributed by atoms with E-state index in [9.17, 15) is 4.79 Å². The quantitative estimate of drug-likeness (QED) is 0.459. The summed E-state index contributed by atoms with van der Waals surface area (Å²) in [6, 6.07) is 6.67. The van der Waals surface area contributed by atoms with E-state index in [1.807, 2.05) is 0 Å². The molecule has 0 aliphatic heterocycles. The number of hydrogen-bond donors (Lipinski definition) is 2. The Morgan fingerprint density at radius 2 is 1.91 bits per heavy atom. The van der Waals surface area contributed by atoms with Gasteiger partial charge < -0.3 is 0 Å². The second kappa shape index (κ2) is 3.68. The van der Waals surface area contributed by atoms with Crippen LogP contribution in [0.25, 0.3) is 0 Å². The molecule has 0 aliphatic carbocycles. The fourth-order valence-electron chi connectivity index (χ4n) is 0.665. The van der Waals surface area contributed by atoms with Crippen molar-refractivity contribution in [2.45, 2.75) is 0 Å². The molecule has 3 nitrogen and oxygen atoms in total. The maximum atomic E-state index is 10.4. The molecule has 4 heteroatoms. The molecular formula is C7H7INO2-. The van der Waals surface area contributed by atoms with E-state index in [-0.39, 0.29) is 0 Å². The summed E-state index contributed by atoms with van der Waals surface area (Å²) in [6.07, 6.45) is 0. The van der Waals surface area contributed by atoms with Crippen molar-refractivity contribution < 1.29 is 31.4 Å². The van der Waals surface area contributed by atoms with Crippen molar-refractivity contribution in [3.8, 4) is 0 Å². The average molecular weight is 264 g/mol. The Bertz CT molecular complexity index is 258. The van der Waals surface area contributed by atoms with Crippen LogP contribution in [0.5, 0.6) is 0 Å². The number of halogens is 1. The first kappa shape index (κ1) is 8.48. The van der Waals surface area contributed by atoms with Crippen LogP contribution in [0.4, 0.5) is 0 Å². The summed E-state index contributed by atoms with van der Waals surface area (Å²) in [6.45, 7) is 0. The summed E-state index contributed by atoms with van der Waals surface area (Å²) in [4.78, 5) is 10.4. The van der Waals surface area contributed by atoms with Gasteiger partial charge in [0.1, 0.15) is 0 Å². The number of nitrogens with two attached hydrogens (primary N) is 1. The van der Waals surface area contributed by atoms with E-state index in [2.05, 4.69) is 0 Å². The number of rotatable bonds is 2. The van der Waals surface area contributed by atoms with Gasteiger partial charge in [0.15, 0.2) is 0 Å². The zero-order chi connectivity index (χ0) is 8.27. The Labute approximate surface area is 74.8 Å². The van der Waals surface area contributed by atoms with Gasteiger partial charge in [0.2, 0.25) is 0 Å². The van der Waals surface area contributed by atoms with Gasteiger partial charge in [0.25, 0.3) is 0 Å². The van der Waals surface area contributed by atoms with Gasteiger partial charge in [-0.1, -0.05) is 0 Å². The first-order valence-electron chi connectivity index (χ1n) is 2.91. The summed E-state index contributed by atoms with van der Waals surface area (Å²) in [7, 11) is 0. The predicted molar refractivity (Wildman–Crippen MR) is 36.3 cm³/mol. The maximum absolute atomic E-state index is 10.4. The topological polar surface area (TPSA) is 63.3 Å². The molecule has 60 valence electrons. The molecule has 1 aromatic carbocycles. The Hall–Kier alpha value is -0.620. The van der Waals surface area contributed by atoms with Gasteiger partial charge >= 0.3 is 74.7 Å². The van der Waals surface area contributed by atoms with Crippen molar-refractivity contribution in [3.05, 3.63) is 33.4 Å². The van der Waals surface area contributed by atoms with Crippen LogP contribution in [0.1, 0.15) is 10.4 Å². The molecule has 0 saturated heterocycles. The normalized spacial score (nSPS) is 9.91. The number of carbonyl (C=O) groups is 1. The van der Waals surface area contributed by atoms with Gasteiger partial charge in [0.05, 0.1) is 0 Å². The third-order valence-electron chi connectivity index (χ3n) is 1.22. The minimum atomic E-state index is -0.897. The van der Waals surface area contributed by atoms with Crippen LogP contribution in [0.2, 0.25) is 0 Å². The zero-order valence-electron chi connectivity index (χ0n) is 5.62. The number of hydrogen-bond acceptors (Lipinski definition) is 2. The van der Waals surface area contributed by atoms with Crippen LogP contribution in [-0.4, -0.2) is 11.1 Å². The van der Waals surface area contributed by atoms with Crippen LogP contribution in [-0.2, 0) is 0 Å². The Morgan fingerprint density at radius 1 is 1.36 bits per heavy atom. The van der Waals surface area contributed by atoms with E-state index >= 15 is 0 Å². The van der Waals surface area contributed by atoms with E-state index < -0.39 is 27.4 Å². The molecule has 11 heavy (non-hydrogen) atoms. The van der Waals surface area contributed by atoms with E-state index in [4.69, 9.17) is 9.05 Å². The van der Waals surface area contributed by atoms with Crippen molar-refractivity contribution in [1.29, 1.82) is 0 Å². The van der Waals surface area contributed by atoms with Crippen molar-refractivity contribution in [2.24, 2.45) is 3.95 Å². The number of benzene rings is 1. The molecule has 0 amide bonds. The SMILES string of the molecule is N[I-]c1ccc(C(=O)O)cc1. The van der Waals surface area contributed by atoms with Crippen molar-refractivity contribution >= 4 is 5.97 Å². The minimum absolute atomic E-state index is 0.311. The molecule has 1 aromatic rings. The number of carboxylic acid groups (broad SMARTS) is 1. The average Bonchev–Trinajstić information content (AvgIpc) is 2.05. The van der Waals surface area contributed by atoms with Crippen LogP contribution in [0.3, 0.4) is 0 Å². The number of aromatic carboxylic acids is 1. The molecule has 0 aromatic heterocycles. The molecule has 0 spiro atoms. The fraction of sp³-hybridized carbons (Fsp3) is 0. The molecule has 0 bridgehead atoms. The molecule has 0 atom stereocenters. The molecule has 0 saturated carbocycles. The van der Waals surface area contributed by atoms with E-state index in [1.165, 1.54) is 0 Å². The Balaban J connectivity index is 2.91. The monoisotopic (exact) mass is 264 g/mol. The molecule has 0 heterocycles. The number of carboxylic acids is 1. The second-order valence-electron chi connectivity index (χ2n) is 1.92. The van der Waals surface area contributed by atoms with Crippen molar-refractivity contribution in [2.75, 3.05) is 0 Å². The van der Waals surface area contributed by atoms with E-state index in [0.717, 1.165) is 3.57 Å². The summed E-state index contributed by atoms with van der Waals surface area (Å²) < 4.78 is 6.49. The molecule has 3 N–H and O–H groups in total. The molecule has 0 aliphatic rings. The molecular weight excluding hydrogens is 257 g/mol. The summed E-state index contributed by atoms with van der Waals surface area (Å²) >= 11 is -0.416. The van der Waals surface area contributed by atoms with E-state index in [0.29, 0.717) is 5.56 Å². The fourth-order valence-corrected chi connectivity index (χ4v) is 1.44. The molecule has 0 fully saturated rings. The first-order chi connectivity index (χ1) is 5.24. The zero-order valence-corrected chi connectivity index (χ0v) is 7.78. The van der Waals surface area contributed by atoms with Gasteiger partial charge in [-0.2, -0.15) is 0 Å². The van der Waals surface area contributed by atoms with Gasteiger partial charge in [-0.25, -0.2) is 0 Å². The summed E-state index contributed by atoms with van der Waals surface area (Å²) in [5.41, 5.74) is 0.311. The third-order valence-corrected chi connectivity index (χ3v) is 2.66. The van der Waals surface area contributed by atoms with Crippen LogP contribution in [0.15, 0.2) is 24.3 Å². The standard InChI is InChI=1S/C7H7INO2/c9-8-6-3-1-5(2-4-6)7(10)11/h1-4H,9H2,(H,10,11)/q-1. The van der Waals surface area contributed by atoms with Crippen LogP contribution in [0, 0.1) is 3.57 Å². The molecule has 0 unspecified atom stereocenters. The third kappa shape index (κ3) is 2.16. The predicted octanol–water partition coefficient (Wildman–Crippen LogP) is -2.48. The van der Waals surface area contributed by atoms with Gasteiger partial charge in [-0.05, 0) is 0 Å². The van der Waals surface area contributed by atoms with Gasteiger partial charge in [0, 0.05) is 0 Å². The Kier molecular flexibility index (Phi) is 2.84. The summed E-state index contributed by atoms with van der Waals surface area (Å²) in [5.74, 6) is -0.897. The van der Waals surface area contributed by atoms with E-state index in [1.54, 1.807) is 24.3 Å². The summed E-state index contributed by atoms with van der Waals surface area (Å²) in [5, 5.41) is 8.53.